The van der Waals surface area contributed by atoms with Crippen LogP contribution in [0.5, 0.6) is 0 Å². The SMILES string of the molecule is CC(C)(C)OC(=O)N[C@@H](CO)COCc1ccccc1. The fourth-order valence-electron chi connectivity index (χ4n) is 1.51. The van der Waals surface area contributed by atoms with Crippen LogP contribution in [0, 0.1) is 0 Å². The minimum atomic E-state index is -0.561. The molecule has 1 amide bonds. The number of hydrogen-bond acceptors (Lipinski definition) is 4. The number of ether oxygens (including phenoxy) is 2. The van der Waals surface area contributed by atoms with Crippen molar-refractivity contribution < 1.29 is 19.4 Å². The molecule has 0 unspecified atom stereocenters. The van der Waals surface area contributed by atoms with Crippen molar-refractivity contribution in [3.8, 4) is 0 Å². The van der Waals surface area contributed by atoms with Gasteiger partial charge >= 0.3 is 6.09 Å². The first-order valence-corrected chi connectivity index (χ1v) is 6.63. The Kier molecular flexibility index (Phi) is 6.48. The van der Waals surface area contributed by atoms with Crippen molar-refractivity contribution in [1.82, 2.24) is 5.32 Å². The number of carbonyl (C=O) groups is 1. The van der Waals surface area contributed by atoms with E-state index in [1.807, 2.05) is 30.3 Å². The molecule has 0 aliphatic carbocycles. The number of nitrogens with one attached hydrogen (secondary N) is 1. The molecule has 0 fully saturated rings. The Hall–Kier alpha value is -1.59. The highest BCUT2D eigenvalue weighted by Gasteiger charge is 2.19. The summed E-state index contributed by atoms with van der Waals surface area (Å²) in [5.74, 6) is 0. The maximum absolute atomic E-state index is 11.6. The van der Waals surface area contributed by atoms with Crippen molar-refractivity contribution in [3.05, 3.63) is 35.9 Å². The van der Waals surface area contributed by atoms with Gasteiger partial charge in [-0.15, -0.1) is 0 Å². The predicted octanol–water partition coefficient (Wildman–Crippen LogP) is 2.09. The van der Waals surface area contributed by atoms with Crippen molar-refractivity contribution in [2.24, 2.45) is 0 Å². The number of benzene rings is 1. The van der Waals surface area contributed by atoms with E-state index in [4.69, 9.17) is 9.47 Å². The molecule has 1 aromatic rings. The van der Waals surface area contributed by atoms with Gasteiger partial charge in [-0.25, -0.2) is 4.79 Å². The lowest BCUT2D eigenvalue weighted by Gasteiger charge is -2.22. The summed E-state index contributed by atoms with van der Waals surface area (Å²) in [5.41, 5.74) is 0.482. The van der Waals surface area contributed by atoms with E-state index in [0.29, 0.717) is 6.61 Å². The van der Waals surface area contributed by atoms with Crippen LogP contribution in [0.2, 0.25) is 0 Å². The van der Waals surface area contributed by atoms with Gasteiger partial charge in [-0.2, -0.15) is 0 Å². The van der Waals surface area contributed by atoms with Crippen LogP contribution < -0.4 is 5.32 Å². The Bertz CT molecular complexity index is 400. The summed E-state index contributed by atoms with van der Waals surface area (Å²) < 4.78 is 10.6. The molecule has 0 heterocycles. The zero-order valence-corrected chi connectivity index (χ0v) is 12.3. The van der Waals surface area contributed by atoms with Crippen molar-refractivity contribution >= 4 is 6.09 Å². The topological polar surface area (TPSA) is 67.8 Å². The maximum Gasteiger partial charge on any atom is 0.408 e. The quantitative estimate of drug-likeness (QED) is 0.838. The average molecular weight is 281 g/mol. The van der Waals surface area contributed by atoms with Gasteiger partial charge in [0.2, 0.25) is 0 Å². The zero-order chi connectivity index (χ0) is 15.0. The van der Waals surface area contributed by atoms with Crippen LogP contribution in [0.25, 0.3) is 0 Å². The molecule has 20 heavy (non-hydrogen) atoms. The Balaban J connectivity index is 2.31. The standard InChI is InChI=1S/C15H23NO4/c1-15(2,3)20-14(18)16-13(9-17)11-19-10-12-7-5-4-6-8-12/h4-8,13,17H,9-11H2,1-3H3,(H,16,18)/t13-/m0/s1. The van der Waals surface area contributed by atoms with Gasteiger partial charge in [0.05, 0.1) is 25.9 Å². The molecule has 0 aliphatic heterocycles. The molecule has 0 bridgehead atoms. The molecular weight excluding hydrogens is 258 g/mol. The van der Waals surface area contributed by atoms with Crippen molar-refractivity contribution in [2.75, 3.05) is 13.2 Å². The maximum atomic E-state index is 11.6. The Morgan fingerprint density at radius 1 is 1.30 bits per heavy atom. The van der Waals surface area contributed by atoms with Crippen molar-refractivity contribution in [3.63, 3.8) is 0 Å². The molecule has 0 spiro atoms. The van der Waals surface area contributed by atoms with Gasteiger partial charge in [-0.1, -0.05) is 30.3 Å². The molecule has 112 valence electrons. The van der Waals surface area contributed by atoms with Crippen LogP contribution in [0.4, 0.5) is 4.79 Å². The lowest BCUT2D eigenvalue weighted by Crippen LogP contribution is -2.43. The first-order valence-electron chi connectivity index (χ1n) is 6.63. The largest absolute Gasteiger partial charge is 0.444 e. The number of carbonyl (C=O) groups excluding carboxylic acids is 1. The molecule has 1 atom stereocenters. The number of hydrogen-bond donors (Lipinski definition) is 2. The van der Waals surface area contributed by atoms with Gasteiger partial charge in [0, 0.05) is 0 Å². The molecule has 0 saturated carbocycles. The second-order valence-corrected chi connectivity index (χ2v) is 5.53. The van der Waals surface area contributed by atoms with Gasteiger partial charge in [-0.05, 0) is 26.3 Å². The van der Waals surface area contributed by atoms with Crippen LogP contribution in [0.1, 0.15) is 26.3 Å². The van der Waals surface area contributed by atoms with Crippen molar-refractivity contribution in [2.45, 2.75) is 39.0 Å². The van der Waals surface area contributed by atoms with Crippen LogP contribution in [-0.4, -0.2) is 36.1 Å². The second kappa shape index (κ2) is 7.87. The van der Waals surface area contributed by atoms with Gasteiger partial charge in [0.25, 0.3) is 0 Å². The van der Waals surface area contributed by atoms with E-state index < -0.39 is 17.7 Å². The van der Waals surface area contributed by atoms with E-state index in [1.54, 1.807) is 20.8 Å². The van der Waals surface area contributed by atoms with E-state index in [9.17, 15) is 9.90 Å². The number of aliphatic hydroxyl groups is 1. The van der Waals surface area contributed by atoms with E-state index in [-0.39, 0.29) is 13.2 Å². The molecule has 2 N–H and O–H groups in total. The highest BCUT2D eigenvalue weighted by Crippen LogP contribution is 2.07. The smallest absolute Gasteiger partial charge is 0.408 e. The summed E-state index contributed by atoms with van der Waals surface area (Å²) in [7, 11) is 0. The van der Waals surface area contributed by atoms with E-state index >= 15 is 0 Å². The van der Waals surface area contributed by atoms with Gasteiger partial charge in [0.15, 0.2) is 0 Å². The highest BCUT2D eigenvalue weighted by atomic mass is 16.6. The molecule has 1 rings (SSSR count). The highest BCUT2D eigenvalue weighted by molar-refractivity contribution is 5.68. The number of rotatable bonds is 6. The third-order valence-electron chi connectivity index (χ3n) is 2.37. The Morgan fingerprint density at radius 3 is 2.50 bits per heavy atom. The number of amides is 1. The van der Waals surface area contributed by atoms with E-state index in [0.717, 1.165) is 5.56 Å². The first kappa shape index (κ1) is 16.5. The van der Waals surface area contributed by atoms with Crippen LogP contribution in [0.3, 0.4) is 0 Å². The summed E-state index contributed by atoms with van der Waals surface area (Å²) in [6, 6.07) is 9.23. The summed E-state index contributed by atoms with van der Waals surface area (Å²) in [6.07, 6.45) is -0.556. The average Bonchev–Trinajstić information content (AvgIpc) is 2.36. The zero-order valence-electron chi connectivity index (χ0n) is 12.3. The Morgan fingerprint density at radius 2 is 1.95 bits per heavy atom. The second-order valence-electron chi connectivity index (χ2n) is 5.53. The lowest BCUT2D eigenvalue weighted by molar-refractivity contribution is 0.0367. The third-order valence-corrected chi connectivity index (χ3v) is 2.37. The van der Waals surface area contributed by atoms with Gasteiger partial charge < -0.3 is 19.9 Å². The monoisotopic (exact) mass is 281 g/mol. The normalized spacial score (nSPS) is 12.8. The summed E-state index contributed by atoms with van der Waals surface area (Å²) in [4.78, 5) is 11.6. The minimum Gasteiger partial charge on any atom is -0.444 e. The molecular formula is C15H23NO4. The van der Waals surface area contributed by atoms with Gasteiger partial charge in [0.1, 0.15) is 5.60 Å². The fraction of sp³-hybridized carbons (Fsp3) is 0.533. The number of alkyl carbamates (subject to hydrolysis) is 1. The van der Waals surface area contributed by atoms with E-state index in [2.05, 4.69) is 5.32 Å². The molecule has 0 aromatic heterocycles. The first-order chi connectivity index (χ1) is 9.40. The van der Waals surface area contributed by atoms with Crippen LogP contribution >= 0.6 is 0 Å². The minimum absolute atomic E-state index is 0.200. The molecule has 0 radical (unpaired) electrons. The van der Waals surface area contributed by atoms with Crippen molar-refractivity contribution in [1.29, 1.82) is 0 Å². The summed E-state index contributed by atoms with van der Waals surface area (Å²) in [5, 5.41) is 11.8. The fourth-order valence-corrected chi connectivity index (χ4v) is 1.51. The molecule has 5 nitrogen and oxygen atoms in total. The van der Waals surface area contributed by atoms with E-state index in [1.165, 1.54) is 0 Å². The summed E-state index contributed by atoms with van der Waals surface area (Å²) in [6.45, 7) is 5.82. The van der Waals surface area contributed by atoms with Crippen LogP contribution in [0.15, 0.2) is 30.3 Å². The lowest BCUT2D eigenvalue weighted by atomic mass is 10.2. The van der Waals surface area contributed by atoms with Gasteiger partial charge in [-0.3, -0.25) is 0 Å². The molecule has 5 heteroatoms. The van der Waals surface area contributed by atoms with Crippen LogP contribution in [-0.2, 0) is 16.1 Å². The molecule has 0 aliphatic rings. The number of aliphatic hydroxyl groups excluding tert-OH is 1. The third kappa shape index (κ3) is 7.11. The molecule has 0 saturated heterocycles. The predicted molar refractivity (Wildman–Crippen MR) is 76.3 cm³/mol. The molecule has 1 aromatic carbocycles. The Labute approximate surface area is 119 Å². The summed E-state index contributed by atoms with van der Waals surface area (Å²) >= 11 is 0.